The van der Waals surface area contributed by atoms with E-state index in [0.717, 1.165) is 25.9 Å². The number of nitrogens with one attached hydrogen (secondary N) is 1. The van der Waals surface area contributed by atoms with Gasteiger partial charge in [-0.2, -0.15) is 10.1 Å². The maximum absolute atomic E-state index is 13.3. The minimum absolute atomic E-state index is 0.0317. The first-order valence-corrected chi connectivity index (χ1v) is 10.6. The molecule has 3 N–H and O–H groups in total. The molecule has 0 saturated carbocycles. The lowest BCUT2D eigenvalue weighted by Gasteiger charge is -2.41. The van der Waals surface area contributed by atoms with Gasteiger partial charge in [0, 0.05) is 37.2 Å². The molecule has 1 aromatic carbocycles. The van der Waals surface area contributed by atoms with Crippen molar-refractivity contribution in [2.75, 3.05) is 31.2 Å². The van der Waals surface area contributed by atoms with Crippen LogP contribution >= 0.6 is 23.2 Å². The van der Waals surface area contributed by atoms with Crippen LogP contribution in [0.25, 0.3) is 22.3 Å². The maximum atomic E-state index is 13.3. The Morgan fingerprint density at radius 1 is 1.30 bits per heavy atom. The van der Waals surface area contributed by atoms with Gasteiger partial charge in [-0.25, -0.2) is 0 Å². The lowest BCUT2D eigenvalue weighted by Crippen LogP contribution is -2.50. The van der Waals surface area contributed by atoms with Crippen molar-refractivity contribution >= 4 is 40.2 Å². The number of H-pyrrole nitrogens is 1. The Balaban J connectivity index is 1.53. The van der Waals surface area contributed by atoms with Crippen molar-refractivity contribution in [1.82, 2.24) is 19.7 Å². The van der Waals surface area contributed by atoms with Crippen LogP contribution in [0, 0.1) is 5.41 Å². The Morgan fingerprint density at radius 2 is 2.07 bits per heavy atom. The van der Waals surface area contributed by atoms with Gasteiger partial charge in [-0.05, 0) is 18.9 Å². The van der Waals surface area contributed by atoms with Crippen molar-refractivity contribution < 1.29 is 4.74 Å². The molecule has 0 bridgehead atoms. The van der Waals surface area contributed by atoms with Gasteiger partial charge < -0.3 is 15.4 Å². The van der Waals surface area contributed by atoms with Crippen LogP contribution in [0.15, 0.2) is 23.0 Å². The second-order valence-corrected chi connectivity index (χ2v) is 8.93. The van der Waals surface area contributed by atoms with E-state index < -0.39 is 0 Å². The molecule has 2 aromatic heterocycles. The van der Waals surface area contributed by atoms with Gasteiger partial charge in [0.1, 0.15) is 11.1 Å². The Bertz CT molecular complexity index is 1180. The van der Waals surface area contributed by atoms with Crippen molar-refractivity contribution in [1.29, 1.82) is 0 Å². The molecular weight excluding hydrogens is 427 g/mol. The van der Waals surface area contributed by atoms with E-state index >= 15 is 0 Å². The molecule has 30 heavy (non-hydrogen) atoms. The van der Waals surface area contributed by atoms with Crippen molar-refractivity contribution in [2.45, 2.75) is 18.9 Å². The van der Waals surface area contributed by atoms with E-state index in [1.807, 2.05) is 0 Å². The molecule has 0 unspecified atom stereocenters. The van der Waals surface area contributed by atoms with E-state index in [2.05, 4.69) is 15.1 Å². The Labute approximate surface area is 182 Å². The molecule has 10 heteroatoms. The lowest BCUT2D eigenvalue weighted by molar-refractivity contribution is 0.131. The third-order valence-electron chi connectivity index (χ3n) is 6.50. The van der Waals surface area contributed by atoms with Crippen molar-refractivity contribution in [2.24, 2.45) is 18.2 Å². The summed E-state index contributed by atoms with van der Waals surface area (Å²) in [4.78, 5) is 20.1. The van der Waals surface area contributed by atoms with Gasteiger partial charge in [-0.1, -0.05) is 35.3 Å². The number of nitrogens with zero attached hydrogens (tertiary/aromatic N) is 4. The van der Waals surface area contributed by atoms with Crippen molar-refractivity contribution in [3.63, 3.8) is 0 Å². The van der Waals surface area contributed by atoms with Crippen LogP contribution in [0.4, 0.5) is 5.95 Å². The van der Waals surface area contributed by atoms with Gasteiger partial charge in [0.15, 0.2) is 5.65 Å². The molecule has 158 valence electrons. The third kappa shape index (κ3) is 2.93. The zero-order valence-corrected chi connectivity index (χ0v) is 18.0. The van der Waals surface area contributed by atoms with Crippen molar-refractivity contribution in [3.8, 4) is 11.3 Å². The molecule has 1 atom stereocenters. The molecule has 1 spiro atoms. The number of nitrogens with two attached hydrogens (primary N) is 1. The molecule has 2 saturated heterocycles. The minimum Gasteiger partial charge on any atom is -0.379 e. The summed E-state index contributed by atoms with van der Waals surface area (Å²) in [5, 5.41) is 8.38. The van der Waals surface area contributed by atoms with E-state index in [1.54, 1.807) is 29.8 Å². The normalized spacial score (nSPS) is 21.1. The average Bonchev–Trinajstić information content (AvgIpc) is 3.32. The zero-order chi connectivity index (χ0) is 21.0. The predicted octanol–water partition coefficient (Wildman–Crippen LogP) is 2.57. The minimum atomic E-state index is -0.184. The molecular formula is C20H22Cl2N6O2. The average molecular weight is 449 g/mol. The van der Waals surface area contributed by atoms with E-state index in [-0.39, 0.29) is 17.0 Å². The summed E-state index contributed by atoms with van der Waals surface area (Å²) in [5.74, 6) is 0.613. The highest BCUT2D eigenvalue weighted by Crippen LogP contribution is 2.39. The number of ether oxygens (including phenoxy) is 1. The molecule has 0 aliphatic carbocycles. The van der Waals surface area contributed by atoms with Crippen LogP contribution in [0.5, 0.6) is 0 Å². The summed E-state index contributed by atoms with van der Waals surface area (Å²) in [5.41, 5.74) is 7.61. The van der Waals surface area contributed by atoms with E-state index in [0.29, 0.717) is 51.5 Å². The quantitative estimate of drug-likeness (QED) is 0.624. The number of aromatic amines is 1. The molecule has 2 fully saturated rings. The van der Waals surface area contributed by atoms with Crippen LogP contribution in [0.3, 0.4) is 0 Å². The Hall–Kier alpha value is -2.13. The van der Waals surface area contributed by atoms with Gasteiger partial charge >= 0.3 is 0 Å². The smallest absolute Gasteiger partial charge is 0.266 e. The van der Waals surface area contributed by atoms with Crippen LogP contribution in [-0.2, 0) is 11.8 Å². The zero-order valence-electron chi connectivity index (χ0n) is 16.5. The lowest BCUT2D eigenvalue weighted by atomic mass is 9.75. The van der Waals surface area contributed by atoms with E-state index in [4.69, 9.17) is 38.7 Å². The highest BCUT2D eigenvalue weighted by molar-refractivity contribution is 6.43. The number of rotatable bonds is 2. The van der Waals surface area contributed by atoms with Gasteiger partial charge in [0.05, 0.1) is 23.3 Å². The number of benzene rings is 1. The van der Waals surface area contributed by atoms with Crippen LogP contribution in [0.2, 0.25) is 10.0 Å². The van der Waals surface area contributed by atoms with Crippen molar-refractivity contribution in [3.05, 3.63) is 38.6 Å². The predicted molar refractivity (Wildman–Crippen MR) is 117 cm³/mol. The second-order valence-electron chi connectivity index (χ2n) is 8.14. The summed E-state index contributed by atoms with van der Waals surface area (Å²) in [6, 6.07) is 5.32. The Morgan fingerprint density at radius 3 is 2.77 bits per heavy atom. The van der Waals surface area contributed by atoms with Crippen LogP contribution in [-0.4, -0.2) is 52.1 Å². The van der Waals surface area contributed by atoms with E-state index in [9.17, 15) is 4.79 Å². The third-order valence-corrected chi connectivity index (χ3v) is 7.32. The highest BCUT2D eigenvalue weighted by atomic mass is 35.5. The molecule has 3 aromatic rings. The fourth-order valence-corrected chi connectivity index (χ4v) is 4.94. The summed E-state index contributed by atoms with van der Waals surface area (Å²) < 4.78 is 7.18. The number of halogens is 2. The first-order chi connectivity index (χ1) is 14.4. The fourth-order valence-electron chi connectivity index (χ4n) is 4.55. The van der Waals surface area contributed by atoms with Crippen LogP contribution in [0.1, 0.15) is 12.8 Å². The number of hydrogen-bond acceptors (Lipinski definition) is 6. The van der Waals surface area contributed by atoms with Gasteiger partial charge in [0.25, 0.3) is 5.56 Å². The standard InChI is InChI=1S/C20H22Cl2N6O2/c1-27-18(29)14-16(11-3-2-4-12(21)15(11)22)25-26-17(14)24-19(27)28-7-5-20(6-8-28)10-30-9-13(20)23/h2-4,13H,5-10,23H2,1H3,(H,25,26)/t13-/m1/s1. The molecule has 8 nitrogen and oxygen atoms in total. The maximum Gasteiger partial charge on any atom is 0.266 e. The van der Waals surface area contributed by atoms with E-state index in [1.165, 1.54) is 0 Å². The fraction of sp³-hybridized carbons (Fsp3) is 0.450. The van der Waals surface area contributed by atoms with Gasteiger partial charge in [0.2, 0.25) is 5.95 Å². The number of fused-ring (bicyclic) bond motifs is 1. The Kier molecular flexibility index (Phi) is 4.77. The second kappa shape index (κ2) is 7.23. The number of hydrogen-bond donors (Lipinski definition) is 2. The molecule has 2 aliphatic rings. The largest absolute Gasteiger partial charge is 0.379 e. The monoisotopic (exact) mass is 448 g/mol. The molecule has 2 aliphatic heterocycles. The molecule has 5 rings (SSSR count). The number of aromatic nitrogens is 4. The summed E-state index contributed by atoms with van der Waals surface area (Å²) >= 11 is 12.5. The summed E-state index contributed by atoms with van der Waals surface area (Å²) in [7, 11) is 1.73. The van der Waals surface area contributed by atoms with Gasteiger partial charge in [-0.15, -0.1) is 0 Å². The molecule has 0 amide bonds. The first-order valence-electron chi connectivity index (χ1n) is 9.89. The number of piperidine rings is 1. The summed E-state index contributed by atoms with van der Waals surface area (Å²) in [6.45, 7) is 2.86. The first kappa shape index (κ1) is 19.8. The van der Waals surface area contributed by atoms with Gasteiger partial charge in [-0.3, -0.25) is 14.5 Å². The molecule has 4 heterocycles. The topological polar surface area (TPSA) is 102 Å². The molecule has 0 radical (unpaired) electrons. The number of anilines is 1. The highest BCUT2D eigenvalue weighted by Gasteiger charge is 2.44. The van der Waals surface area contributed by atoms with Crippen LogP contribution < -0.4 is 16.2 Å². The SMILES string of the molecule is Cn1c(N2CCC3(CC2)COC[C@H]3N)nc2[nH]nc(-c3cccc(Cl)c3Cl)c2c1=O. The summed E-state index contributed by atoms with van der Waals surface area (Å²) in [6.07, 6.45) is 1.82.